The van der Waals surface area contributed by atoms with Gasteiger partial charge in [-0.3, -0.25) is 4.79 Å². The minimum Gasteiger partial charge on any atom is -0.368 e. The Bertz CT molecular complexity index is 123. The number of carbonyl (C=O) groups is 1. The lowest BCUT2D eigenvalue weighted by Crippen LogP contribution is -2.41. The third-order valence-electron chi connectivity index (χ3n) is 1.50. The van der Waals surface area contributed by atoms with Crippen molar-refractivity contribution < 1.29 is 4.79 Å². The average molecular weight is 158 g/mol. The van der Waals surface area contributed by atoms with Crippen LogP contribution in [-0.2, 0) is 4.79 Å². The number of primary amides is 1. The summed E-state index contributed by atoms with van der Waals surface area (Å²) in [6, 6.07) is -0.153. The topological polar surface area (TPSA) is 55.1 Å². The van der Waals surface area contributed by atoms with Crippen molar-refractivity contribution in [3.05, 3.63) is 0 Å². The molecule has 66 valence electrons. The molecule has 0 radical (unpaired) electrons. The van der Waals surface area contributed by atoms with Gasteiger partial charge in [-0.15, -0.1) is 0 Å². The normalized spacial score (nSPS) is 13.5. The molecule has 0 aliphatic rings. The standard InChI is InChI=1S/C8H18N2O/c1-4-10-7(8(9)11)5-6(2)3/h6-7,10H,4-5H2,1-3H3,(H2,9,11)/t7-/m0/s1. The third kappa shape index (κ3) is 4.79. The number of carbonyl (C=O) groups excluding carboxylic acids is 1. The van der Waals surface area contributed by atoms with E-state index in [4.69, 9.17) is 5.73 Å². The summed E-state index contributed by atoms with van der Waals surface area (Å²) in [4.78, 5) is 10.8. The van der Waals surface area contributed by atoms with Gasteiger partial charge >= 0.3 is 0 Å². The van der Waals surface area contributed by atoms with E-state index in [0.29, 0.717) is 5.92 Å². The molecule has 0 spiro atoms. The highest BCUT2D eigenvalue weighted by Crippen LogP contribution is 2.03. The van der Waals surface area contributed by atoms with Crippen LogP contribution < -0.4 is 11.1 Å². The lowest BCUT2D eigenvalue weighted by molar-refractivity contribution is -0.120. The van der Waals surface area contributed by atoms with Crippen molar-refractivity contribution in [3.8, 4) is 0 Å². The van der Waals surface area contributed by atoms with Crippen molar-refractivity contribution in [3.63, 3.8) is 0 Å². The van der Waals surface area contributed by atoms with E-state index in [2.05, 4.69) is 19.2 Å². The summed E-state index contributed by atoms with van der Waals surface area (Å²) in [5.41, 5.74) is 5.17. The minimum atomic E-state index is -0.249. The Morgan fingerprint density at radius 2 is 2.09 bits per heavy atom. The highest BCUT2D eigenvalue weighted by atomic mass is 16.1. The van der Waals surface area contributed by atoms with Crippen LogP contribution in [0.2, 0.25) is 0 Å². The molecule has 1 amide bonds. The zero-order valence-electron chi connectivity index (χ0n) is 7.55. The quantitative estimate of drug-likeness (QED) is 0.612. The van der Waals surface area contributed by atoms with Crippen LogP contribution in [0.1, 0.15) is 27.2 Å². The second-order valence-corrected chi connectivity index (χ2v) is 3.14. The van der Waals surface area contributed by atoms with Crippen LogP contribution in [-0.4, -0.2) is 18.5 Å². The summed E-state index contributed by atoms with van der Waals surface area (Å²) in [6.45, 7) is 6.91. The van der Waals surface area contributed by atoms with E-state index in [1.807, 2.05) is 6.92 Å². The van der Waals surface area contributed by atoms with Crippen molar-refractivity contribution in [1.82, 2.24) is 5.32 Å². The molecular formula is C8H18N2O. The average Bonchev–Trinajstić information content (AvgIpc) is 1.86. The Morgan fingerprint density at radius 3 is 2.36 bits per heavy atom. The molecule has 0 fully saturated rings. The Hall–Kier alpha value is -0.570. The molecule has 3 N–H and O–H groups in total. The highest BCUT2D eigenvalue weighted by Gasteiger charge is 2.14. The largest absolute Gasteiger partial charge is 0.368 e. The van der Waals surface area contributed by atoms with Crippen molar-refractivity contribution in [2.75, 3.05) is 6.54 Å². The molecule has 11 heavy (non-hydrogen) atoms. The summed E-state index contributed by atoms with van der Waals surface area (Å²) >= 11 is 0. The summed E-state index contributed by atoms with van der Waals surface area (Å²) in [5.74, 6) is 0.257. The molecule has 0 heterocycles. The molecule has 3 nitrogen and oxygen atoms in total. The van der Waals surface area contributed by atoms with Gasteiger partial charge in [-0.1, -0.05) is 20.8 Å². The van der Waals surface area contributed by atoms with Crippen LogP contribution in [0.3, 0.4) is 0 Å². The van der Waals surface area contributed by atoms with Gasteiger partial charge in [0, 0.05) is 0 Å². The maximum atomic E-state index is 10.8. The highest BCUT2D eigenvalue weighted by molar-refractivity contribution is 5.79. The first-order valence-corrected chi connectivity index (χ1v) is 4.10. The van der Waals surface area contributed by atoms with Gasteiger partial charge in [-0.25, -0.2) is 0 Å². The molecule has 3 heteroatoms. The fourth-order valence-electron chi connectivity index (χ4n) is 1.02. The van der Waals surface area contributed by atoms with Gasteiger partial charge in [0.05, 0.1) is 6.04 Å². The van der Waals surface area contributed by atoms with Gasteiger partial charge in [0.2, 0.25) is 5.91 Å². The first-order chi connectivity index (χ1) is 5.07. The summed E-state index contributed by atoms with van der Waals surface area (Å²) in [7, 11) is 0. The monoisotopic (exact) mass is 158 g/mol. The Morgan fingerprint density at radius 1 is 1.55 bits per heavy atom. The van der Waals surface area contributed by atoms with Gasteiger partial charge in [0.1, 0.15) is 0 Å². The first kappa shape index (κ1) is 10.4. The molecule has 0 saturated carbocycles. The lowest BCUT2D eigenvalue weighted by Gasteiger charge is -2.15. The molecule has 0 bridgehead atoms. The summed E-state index contributed by atoms with van der Waals surface area (Å²) in [6.07, 6.45) is 0.823. The Balaban J connectivity index is 3.79. The van der Waals surface area contributed by atoms with Crippen molar-refractivity contribution in [2.24, 2.45) is 11.7 Å². The van der Waals surface area contributed by atoms with Gasteiger partial charge < -0.3 is 11.1 Å². The molecule has 0 aromatic carbocycles. The maximum Gasteiger partial charge on any atom is 0.234 e. The smallest absolute Gasteiger partial charge is 0.234 e. The second kappa shape index (κ2) is 5.13. The van der Waals surface area contributed by atoms with E-state index in [1.54, 1.807) is 0 Å². The zero-order valence-corrected chi connectivity index (χ0v) is 7.55. The SMILES string of the molecule is CCN[C@@H](CC(C)C)C(N)=O. The lowest BCUT2D eigenvalue weighted by atomic mass is 10.0. The summed E-state index contributed by atoms with van der Waals surface area (Å²) in [5, 5.41) is 3.04. The second-order valence-electron chi connectivity index (χ2n) is 3.14. The number of likely N-dealkylation sites (N-methyl/N-ethyl adjacent to an activating group) is 1. The van der Waals surface area contributed by atoms with E-state index >= 15 is 0 Å². The number of amides is 1. The van der Waals surface area contributed by atoms with Crippen LogP contribution in [0, 0.1) is 5.92 Å². The fourth-order valence-corrected chi connectivity index (χ4v) is 1.02. The third-order valence-corrected chi connectivity index (χ3v) is 1.50. The predicted molar refractivity (Wildman–Crippen MR) is 46.1 cm³/mol. The predicted octanol–water partition coefficient (Wildman–Crippen LogP) is 0.496. The van der Waals surface area contributed by atoms with Crippen molar-refractivity contribution in [2.45, 2.75) is 33.2 Å². The van der Waals surface area contributed by atoms with E-state index in [0.717, 1.165) is 13.0 Å². The number of hydrogen-bond donors (Lipinski definition) is 2. The minimum absolute atomic E-state index is 0.153. The van der Waals surface area contributed by atoms with Gasteiger partial charge in [-0.05, 0) is 18.9 Å². The first-order valence-electron chi connectivity index (χ1n) is 4.10. The molecule has 0 rings (SSSR count). The Kier molecular flexibility index (Phi) is 4.86. The molecule has 0 aliphatic carbocycles. The maximum absolute atomic E-state index is 10.8. The van der Waals surface area contributed by atoms with Crippen LogP contribution in [0.5, 0.6) is 0 Å². The molecular weight excluding hydrogens is 140 g/mol. The van der Waals surface area contributed by atoms with E-state index in [9.17, 15) is 4.79 Å². The number of rotatable bonds is 5. The zero-order chi connectivity index (χ0) is 8.85. The van der Waals surface area contributed by atoms with Gasteiger partial charge in [-0.2, -0.15) is 0 Å². The molecule has 1 atom stereocenters. The summed E-state index contributed by atoms with van der Waals surface area (Å²) < 4.78 is 0. The molecule has 0 aliphatic heterocycles. The van der Waals surface area contributed by atoms with Gasteiger partial charge in [0.25, 0.3) is 0 Å². The molecule has 0 aromatic rings. The fraction of sp³-hybridized carbons (Fsp3) is 0.875. The molecule has 0 saturated heterocycles. The molecule has 0 unspecified atom stereocenters. The number of nitrogens with two attached hydrogens (primary N) is 1. The van der Waals surface area contributed by atoms with Crippen molar-refractivity contribution >= 4 is 5.91 Å². The number of nitrogens with one attached hydrogen (secondary N) is 1. The van der Waals surface area contributed by atoms with Crippen LogP contribution in [0.25, 0.3) is 0 Å². The Labute approximate surface area is 68.3 Å². The van der Waals surface area contributed by atoms with E-state index < -0.39 is 0 Å². The van der Waals surface area contributed by atoms with Crippen LogP contribution in [0.15, 0.2) is 0 Å². The molecule has 0 aromatic heterocycles. The van der Waals surface area contributed by atoms with E-state index in [-0.39, 0.29) is 11.9 Å². The van der Waals surface area contributed by atoms with Crippen LogP contribution >= 0.6 is 0 Å². The van der Waals surface area contributed by atoms with Crippen molar-refractivity contribution in [1.29, 1.82) is 0 Å². The number of hydrogen-bond acceptors (Lipinski definition) is 2. The van der Waals surface area contributed by atoms with E-state index in [1.165, 1.54) is 0 Å². The van der Waals surface area contributed by atoms with Gasteiger partial charge in [0.15, 0.2) is 0 Å². The van der Waals surface area contributed by atoms with Crippen LogP contribution in [0.4, 0.5) is 0 Å².